The number of hydrogen-bond donors (Lipinski definition) is 1. The number of alkyl halides is 5. The molecule has 3 aromatic rings. The van der Waals surface area contributed by atoms with Crippen molar-refractivity contribution in [2.24, 2.45) is 5.92 Å². The van der Waals surface area contributed by atoms with Crippen molar-refractivity contribution in [3.8, 4) is 0 Å². The summed E-state index contributed by atoms with van der Waals surface area (Å²) >= 11 is 31.3. The molecule has 13 heteroatoms. The third-order valence-corrected chi connectivity index (χ3v) is 8.66. The summed E-state index contributed by atoms with van der Waals surface area (Å²) in [5.74, 6) is -5.03. The molecular formula is C28H18Cl5F4NO3. The molecule has 2 atom stereocenters. The third kappa shape index (κ3) is 6.67. The minimum atomic E-state index is -4.95. The zero-order valence-electron chi connectivity index (χ0n) is 20.8. The van der Waals surface area contributed by atoms with Crippen LogP contribution in [0.25, 0.3) is 0 Å². The van der Waals surface area contributed by atoms with Gasteiger partial charge in [0.2, 0.25) is 5.91 Å². The van der Waals surface area contributed by atoms with Crippen molar-refractivity contribution < 1.29 is 31.9 Å². The van der Waals surface area contributed by atoms with Gasteiger partial charge in [-0.25, -0.2) is 4.39 Å². The predicted octanol–water partition coefficient (Wildman–Crippen LogP) is 8.89. The van der Waals surface area contributed by atoms with Crippen molar-refractivity contribution in [3.05, 3.63) is 97.2 Å². The van der Waals surface area contributed by atoms with Crippen LogP contribution in [0.15, 0.2) is 48.5 Å². The lowest BCUT2D eigenvalue weighted by atomic mass is 9.99. The van der Waals surface area contributed by atoms with E-state index >= 15 is 0 Å². The first-order valence-corrected chi connectivity index (χ1v) is 13.7. The number of carbonyl (C=O) groups excluding carboxylic acids is 3. The predicted molar refractivity (Wildman–Crippen MR) is 151 cm³/mol. The van der Waals surface area contributed by atoms with Gasteiger partial charge < -0.3 is 5.32 Å². The van der Waals surface area contributed by atoms with Gasteiger partial charge in [-0.2, -0.15) is 13.2 Å². The maximum atomic E-state index is 13.7. The smallest absolute Gasteiger partial charge is 0.326 e. The van der Waals surface area contributed by atoms with Gasteiger partial charge in [0, 0.05) is 40.1 Å². The SMILES string of the molecule is CC(=O)Cc1c(Cl)ccc(CC(=O)c2cc(NC(=O)[C@H]3[C@H](c4ccc(F)c(C(F)(F)F)c4)C3(Cl)Cl)ccc2Cl)c1Cl. The van der Waals surface area contributed by atoms with Crippen LogP contribution >= 0.6 is 58.0 Å². The van der Waals surface area contributed by atoms with Crippen LogP contribution in [0.5, 0.6) is 0 Å². The molecule has 1 saturated carbocycles. The molecule has 3 aromatic carbocycles. The molecule has 1 N–H and O–H groups in total. The first-order chi connectivity index (χ1) is 19.0. The van der Waals surface area contributed by atoms with Crippen molar-refractivity contribution in [1.29, 1.82) is 0 Å². The zero-order valence-corrected chi connectivity index (χ0v) is 24.6. The summed E-state index contributed by atoms with van der Waals surface area (Å²) in [7, 11) is 0. The summed E-state index contributed by atoms with van der Waals surface area (Å²) in [5.41, 5.74) is -0.555. The summed E-state index contributed by atoms with van der Waals surface area (Å²) in [5, 5.41) is 3.10. The Balaban J connectivity index is 1.53. The summed E-state index contributed by atoms with van der Waals surface area (Å²) in [6, 6.07) is 9.51. The molecule has 216 valence electrons. The molecule has 0 heterocycles. The van der Waals surface area contributed by atoms with Crippen LogP contribution in [0.3, 0.4) is 0 Å². The van der Waals surface area contributed by atoms with E-state index in [-0.39, 0.29) is 50.5 Å². The van der Waals surface area contributed by atoms with E-state index in [4.69, 9.17) is 58.0 Å². The van der Waals surface area contributed by atoms with E-state index < -0.39 is 45.4 Å². The van der Waals surface area contributed by atoms with Crippen molar-refractivity contribution in [2.75, 3.05) is 5.32 Å². The lowest BCUT2D eigenvalue weighted by Crippen LogP contribution is -2.17. The number of anilines is 1. The van der Waals surface area contributed by atoms with E-state index in [0.717, 1.165) is 6.07 Å². The van der Waals surface area contributed by atoms with Crippen LogP contribution in [0, 0.1) is 11.7 Å². The number of benzene rings is 3. The fourth-order valence-corrected chi connectivity index (χ4v) is 6.14. The Kier molecular flexibility index (Phi) is 9.03. The van der Waals surface area contributed by atoms with Gasteiger partial charge in [0.1, 0.15) is 15.9 Å². The topological polar surface area (TPSA) is 63.2 Å². The second kappa shape index (κ2) is 11.7. The Hall–Kier alpha value is -2.36. The van der Waals surface area contributed by atoms with E-state index in [1.54, 1.807) is 6.07 Å². The van der Waals surface area contributed by atoms with Crippen molar-refractivity contribution in [1.82, 2.24) is 0 Å². The van der Waals surface area contributed by atoms with Gasteiger partial charge in [0.15, 0.2) is 5.78 Å². The van der Waals surface area contributed by atoms with E-state index in [0.29, 0.717) is 23.3 Å². The highest BCUT2D eigenvalue weighted by Gasteiger charge is 2.67. The molecule has 4 rings (SSSR count). The minimum absolute atomic E-state index is 0.0117. The molecule has 41 heavy (non-hydrogen) atoms. The normalized spacial score (nSPS) is 17.7. The van der Waals surface area contributed by atoms with Gasteiger partial charge in [-0.15, -0.1) is 23.2 Å². The fourth-order valence-electron chi connectivity index (χ4n) is 4.52. The van der Waals surface area contributed by atoms with Gasteiger partial charge in [0.25, 0.3) is 0 Å². The molecule has 1 amide bonds. The van der Waals surface area contributed by atoms with Gasteiger partial charge in [-0.3, -0.25) is 14.4 Å². The lowest BCUT2D eigenvalue weighted by Gasteiger charge is -2.12. The van der Waals surface area contributed by atoms with E-state index in [9.17, 15) is 31.9 Å². The standard InChI is InChI=1S/C28H18Cl5F4NO3/c1-12(39)8-17-20(30)5-2-14(25(17)31)10-22(40)16-11-15(4-6-19(16)29)38-26(41)24-23(27(24,32)33)13-3-7-21(34)18(9-13)28(35,36)37/h2-7,9,11,23-24H,8,10H2,1H3,(H,38,41)/t23-,24+/m0/s1. The lowest BCUT2D eigenvalue weighted by molar-refractivity contribution is -0.140. The number of rotatable bonds is 8. The number of carbonyl (C=O) groups is 3. The molecule has 0 unspecified atom stereocenters. The van der Waals surface area contributed by atoms with Crippen molar-refractivity contribution >= 4 is 81.2 Å². The molecule has 0 aliphatic heterocycles. The van der Waals surface area contributed by atoms with Gasteiger partial charge in [-0.1, -0.05) is 46.9 Å². The minimum Gasteiger partial charge on any atom is -0.326 e. The molecule has 0 spiro atoms. The highest BCUT2D eigenvalue weighted by Crippen LogP contribution is 2.65. The molecule has 0 bridgehead atoms. The number of hydrogen-bond acceptors (Lipinski definition) is 3. The second-order valence-corrected chi connectivity index (χ2v) is 12.2. The Labute approximate surface area is 256 Å². The maximum Gasteiger partial charge on any atom is 0.419 e. The van der Waals surface area contributed by atoms with Gasteiger partial charge in [-0.05, 0) is 60.0 Å². The second-order valence-electron chi connectivity index (χ2n) is 9.53. The molecule has 4 nitrogen and oxygen atoms in total. The Morgan fingerprint density at radius 2 is 1.59 bits per heavy atom. The largest absolute Gasteiger partial charge is 0.419 e. The molecule has 0 aromatic heterocycles. The van der Waals surface area contributed by atoms with Gasteiger partial charge in [0.05, 0.1) is 16.5 Å². The summed E-state index contributed by atoms with van der Waals surface area (Å²) in [6.45, 7) is 1.38. The van der Waals surface area contributed by atoms with E-state index in [2.05, 4.69) is 5.32 Å². The van der Waals surface area contributed by atoms with Crippen LogP contribution in [-0.2, 0) is 28.6 Å². The third-order valence-electron chi connectivity index (χ3n) is 6.57. The summed E-state index contributed by atoms with van der Waals surface area (Å²) in [4.78, 5) is 37.8. The highest BCUT2D eigenvalue weighted by molar-refractivity contribution is 6.53. The van der Waals surface area contributed by atoms with Crippen LogP contribution in [0.4, 0.5) is 23.2 Å². The van der Waals surface area contributed by atoms with E-state index in [1.165, 1.54) is 31.2 Å². The molecule has 0 saturated heterocycles. The average molecular weight is 670 g/mol. The van der Waals surface area contributed by atoms with Crippen LogP contribution in [0.2, 0.25) is 15.1 Å². The van der Waals surface area contributed by atoms with Crippen LogP contribution in [-0.4, -0.2) is 21.8 Å². The number of halogens is 9. The molecule has 1 fully saturated rings. The summed E-state index contributed by atoms with van der Waals surface area (Å²) < 4.78 is 51.5. The monoisotopic (exact) mass is 667 g/mol. The quantitative estimate of drug-likeness (QED) is 0.148. The number of amides is 1. The Morgan fingerprint density at radius 3 is 2.22 bits per heavy atom. The first kappa shape index (κ1) is 31.6. The molecule has 0 radical (unpaired) electrons. The number of ketones is 2. The van der Waals surface area contributed by atoms with Crippen LogP contribution < -0.4 is 5.32 Å². The molecule has 1 aliphatic carbocycles. The van der Waals surface area contributed by atoms with Crippen molar-refractivity contribution in [3.63, 3.8) is 0 Å². The van der Waals surface area contributed by atoms with Crippen LogP contribution in [0.1, 0.15) is 45.5 Å². The van der Waals surface area contributed by atoms with E-state index in [1.807, 2.05) is 0 Å². The number of Topliss-reactive ketones (excluding diaryl/α,β-unsaturated/α-hetero) is 2. The fraction of sp³-hybridized carbons (Fsp3) is 0.250. The average Bonchev–Trinajstić information content (AvgIpc) is 3.45. The maximum absolute atomic E-state index is 13.7. The Bertz CT molecular complexity index is 1580. The summed E-state index contributed by atoms with van der Waals surface area (Å²) in [6.07, 6.45) is -5.16. The van der Waals surface area contributed by atoms with Gasteiger partial charge >= 0.3 is 6.18 Å². The number of nitrogens with one attached hydrogen (secondary N) is 1. The molecule has 1 aliphatic rings. The zero-order chi connectivity index (χ0) is 30.4. The van der Waals surface area contributed by atoms with Crippen molar-refractivity contribution in [2.45, 2.75) is 36.2 Å². The Morgan fingerprint density at radius 1 is 0.927 bits per heavy atom. The first-order valence-electron chi connectivity index (χ1n) is 11.9. The highest BCUT2D eigenvalue weighted by atomic mass is 35.5. The molecular weight excluding hydrogens is 652 g/mol.